The molecule has 0 heterocycles. The summed E-state index contributed by atoms with van der Waals surface area (Å²) in [6, 6.07) is 5.06. The highest BCUT2D eigenvalue weighted by Gasteiger charge is 2.08. The first kappa shape index (κ1) is 13.8. The van der Waals surface area contributed by atoms with Gasteiger partial charge in [0, 0.05) is 0 Å². The second kappa shape index (κ2) is 6.46. The Morgan fingerprint density at radius 1 is 1.47 bits per heavy atom. The van der Waals surface area contributed by atoms with Gasteiger partial charge in [0.25, 0.3) is 6.43 Å². The van der Waals surface area contributed by atoms with Crippen LogP contribution in [-0.2, 0) is 11.3 Å². The van der Waals surface area contributed by atoms with Gasteiger partial charge in [-0.05, 0) is 17.7 Å². The fourth-order valence-electron chi connectivity index (χ4n) is 1.29. The lowest BCUT2D eigenvalue weighted by molar-refractivity contribution is 0.00984. The standard InChI is InChI=1S/C11H13F2NO2S/c1-15-9-4-7(5-16-6-10(12)13)2-3-8(9)11(14)17/h2-4,10H,5-6H2,1H3,(H2,14,17). The normalized spacial score (nSPS) is 10.6. The van der Waals surface area contributed by atoms with Crippen LogP contribution < -0.4 is 10.5 Å². The number of thiocarbonyl (C=S) groups is 1. The highest BCUT2D eigenvalue weighted by molar-refractivity contribution is 7.80. The molecule has 17 heavy (non-hydrogen) atoms. The van der Waals surface area contributed by atoms with Gasteiger partial charge in [0.1, 0.15) is 17.3 Å². The Bertz CT molecular complexity index is 399. The first-order valence-corrected chi connectivity index (χ1v) is 5.28. The van der Waals surface area contributed by atoms with Crippen LogP contribution >= 0.6 is 12.2 Å². The topological polar surface area (TPSA) is 44.5 Å². The lowest BCUT2D eigenvalue weighted by Crippen LogP contribution is -2.11. The van der Waals surface area contributed by atoms with Crippen molar-refractivity contribution in [1.82, 2.24) is 0 Å². The van der Waals surface area contributed by atoms with Gasteiger partial charge in [-0.15, -0.1) is 0 Å². The van der Waals surface area contributed by atoms with Gasteiger partial charge in [0.15, 0.2) is 0 Å². The second-order valence-electron chi connectivity index (χ2n) is 3.31. The first-order chi connectivity index (χ1) is 8.04. The van der Waals surface area contributed by atoms with Crippen molar-refractivity contribution >= 4 is 17.2 Å². The molecule has 0 spiro atoms. The van der Waals surface area contributed by atoms with Crippen LogP contribution in [0.3, 0.4) is 0 Å². The van der Waals surface area contributed by atoms with Gasteiger partial charge in [-0.25, -0.2) is 8.78 Å². The third-order valence-corrected chi connectivity index (χ3v) is 2.26. The van der Waals surface area contributed by atoms with Crippen molar-refractivity contribution < 1.29 is 18.3 Å². The number of nitrogens with two attached hydrogens (primary N) is 1. The number of ether oxygens (including phenoxy) is 2. The van der Waals surface area contributed by atoms with E-state index in [1.54, 1.807) is 18.2 Å². The maximum Gasteiger partial charge on any atom is 0.261 e. The molecule has 0 radical (unpaired) electrons. The molecule has 6 heteroatoms. The van der Waals surface area contributed by atoms with Crippen LogP contribution in [0.1, 0.15) is 11.1 Å². The summed E-state index contributed by atoms with van der Waals surface area (Å²) >= 11 is 4.85. The molecule has 0 atom stereocenters. The van der Waals surface area contributed by atoms with Gasteiger partial charge in [0.2, 0.25) is 0 Å². The van der Waals surface area contributed by atoms with Gasteiger partial charge in [0.05, 0.1) is 19.3 Å². The molecule has 1 rings (SSSR count). The van der Waals surface area contributed by atoms with Crippen LogP contribution in [0, 0.1) is 0 Å². The third-order valence-electron chi connectivity index (χ3n) is 2.04. The lowest BCUT2D eigenvalue weighted by Gasteiger charge is -2.10. The van der Waals surface area contributed by atoms with E-state index in [9.17, 15) is 8.78 Å². The van der Waals surface area contributed by atoms with E-state index in [-0.39, 0.29) is 11.6 Å². The fourth-order valence-corrected chi connectivity index (χ4v) is 1.46. The molecule has 0 aliphatic heterocycles. The highest BCUT2D eigenvalue weighted by atomic mass is 32.1. The van der Waals surface area contributed by atoms with Crippen molar-refractivity contribution in [1.29, 1.82) is 0 Å². The molecule has 0 fully saturated rings. The van der Waals surface area contributed by atoms with Crippen LogP contribution in [-0.4, -0.2) is 25.1 Å². The molecule has 2 N–H and O–H groups in total. The molecule has 0 aliphatic rings. The lowest BCUT2D eigenvalue weighted by atomic mass is 10.1. The number of hydrogen-bond acceptors (Lipinski definition) is 3. The number of rotatable bonds is 6. The molecule has 1 aromatic rings. The molecule has 0 saturated carbocycles. The summed E-state index contributed by atoms with van der Waals surface area (Å²) in [5, 5.41) is 0. The zero-order valence-electron chi connectivity index (χ0n) is 9.28. The molecular formula is C11H13F2NO2S. The molecule has 3 nitrogen and oxygen atoms in total. The van der Waals surface area contributed by atoms with Gasteiger partial charge in [-0.3, -0.25) is 0 Å². The number of alkyl halides is 2. The van der Waals surface area contributed by atoms with E-state index in [0.717, 1.165) is 5.56 Å². The molecule has 94 valence electrons. The van der Waals surface area contributed by atoms with Crippen molar-refractivity contribution in [3.05, 3.63) is 29.3 Å². The monoisotopic (exact) mass is 261 g/mol. The van der Waals surface area contributed by atoms with Gasteiger partial charge >= 0.3 is 0 Å². The Balaban J connectivity index is 2.72. The quantitative estimate of drug-likeness (QED) is 0.797. The maximum atomic E-state index is 11.9. The summed E-state index contributed by atoms with van der Waals surface area (Å²) in [6.45, 7) is -0.488. The van der Waals surface area contributed by atoms with Crippen molar-refractivity contribution in [3.63, 3.8) is 0 Å². The zero-order chi connectivity index (χ0) is 12.8. The molecule has 0 saturated heterocycles. The number of halogens is 2. The van der Waals surface area contributed by atoms with Crippen molar-refractivity contribution in [2.45, 2.75) is 13.0 Å². The molecule has 0 aromatic heterocycles. The Morgan fingerprint density at radius 3 is 2.71 bits per heavy atom. The van der Waals surface area contributed by atoms with Crippen LogP contribution in [0.25, 0.3) is 0 Å². The van der Waals surface area contributed by atoms with Gasteiger partial charge < -0.3 is 15.2 Å². The smallest absolute Gasteiger partial charge is 0.261 e. The van der Waals surface area contributed by atoms with Crippen molar-refractivity contribution in [3.8, 4) is 5.75 Å². The summed E-state index contributed by atoms with van der Waals surface area (Å²) in [5.41, 5.74) is 6.84. The van der Waals surface area contributed by atoms with E-state index in [4.69, 9.17) is 27.4 Å². The average molecular weight is 261 g/mol. The molecule has 0 amide bonds. The Morgan fingerprint density at radius 2 is 2.18 bits per heavy atom. The van der Waals surface area contributed by atoms with E-state index in [1.165, 1.54) is 7.11 Å². The minimum Gasteiger partial charge on any atom is -0.496 e. The third kappa shape index (κ3) is 4.24. The SMILES string of the molecule is COc1cc(COCC(F)F)ccc1C(N)=S. The molecule has 0 unspecified atom stereocenters. The van der Waals surface area contributed by atoms with Crippen molar-refractivity contribution in [2.24, 2.45) is 5.73 Å². The van der Waals surface area contributed by atoms with E-state index >= 15 is 0 Å². The van der Waals surface area contributed by atoms with Crippen LogP contribution in [0.2, 0.25) is 0 Å². The summed E-state index contributed by atoms with van der Waals surface area (Å²) < 4.78 is 33.7. The predicted octanol–water partition coefficient (Wildman–Crippen LogP) is 2.11. The molecular weight excluding hydrogens is 248 g/mol. The molecule has 0 bridgehead atoms. The molecule has 0 aliphatic carbocycles. The van der Waals surface area contributed by atoms with Crippen LogP contribution in [0.5, 0.6) is 5.75 Å². The number of hydrogen-bond donors (Lipinski definition) is 1. The van der Waals surface area contributed by atoms with Crippen LogP contribution in [0.15, 0.2) is 18.2 Å². The van der Waals surface area contributed by atoms with E-state index in [2.05, 4.69) is 0 Å². The largest absolute Gasteiger partial charge is 0.496 e. The summed E-state index contributed by atoms with van der Waals surface area (Å²) in [6.07, 6.45) is -2.47. The Hall–Kier alpha value is -1.27. The van der Waals surface area contributed by atoms with Crippen LogP contribution in [0.4, 0.5) is 8.78 Å². The summed E-state index contributed by atoms with van der Waals surface area (Å²) in [4.78, 5) is 0.224. The Labute approximate surface area is 104 Å². The fraction of sp³-hybridized carbons (Fsp3) is 0.364. The van der Waals surface area contributed by atoms with E-state index in [0.29, 0.717) is 11.3 Å². The first-order valence-electron chi connectivity index (χ1n) is 4.87. The summed E-state index contributed by atoms with van der Waals surface area (Å²) in [5.74, 6) is 0.510. The number of benzene rings is 1. The van der Waals surface area contributed by atoms with Gasteiger partial charge in [-0.2, -0.15) is 0 Å². The van der Waals surface area contributed by atoms with E-state index < -0.39 is 13.0 Å². The second-order valence-corrected chi connectivity index (χ2v) is 3.74. The average Bonchev–Trinajstić information content (AvgIpc) is 2.28. The van der Waals surface area contributed by atoms with Crippen molar-refractivity contribution in [2.75, 3.05) is 13.7 Å². The minimum atomic E-state index is -2.47. The van der Waals surface area contributed by atoms with E-state index in [1.807, 2.05) is 0 Å². The predicted molar refractivity (Wildman–Crippen MR) is 64.5 cm³/mol. The number of methoxy groups -OCH3 is 1. The Kier molecular flexibility index (Phi) is 5.24. The highest BCUT2D eigenvalue weighted by Crippen LogP contribution is 2.20. The zero-order valence-corrected chi connectivity index (χ0v) is 10.1. The maximum absolute atomic E-state index is 11.9. The summed E-state index contributed by atoms with van der Waals surface area (Å²) in [7, 11) is 1.49. The minimum absolute atomic E-state index is 0.0955. The van der Waals surface area contributed by atoms with Gasteiger partial charge in [-0.1, -0.05) is 18.3 Å². The molecule has 1 aromatic carbocycles.